The van der Waals surface area contributed by atoms with Crippen LogP contribution in [0.4, 0.5) is 17.1 Å². The summed E-state index contributed by atoms with van der Waals surface area (Å²) in [4.78, 5) is 7.41. The number of oxazole rings is 1. The van der Waals surface area contributed by atoms with Gasteiger partial charge in [-0.2, -0.15) is 0 Å². The lowest BCUT2D eigenvalue weighted by molar-refractivity contribution is 0.623. The SMILES string of the molecule is c1ccc(-c2cccc(N(c3ccc(-c4cc5nc(-c6ccccc6)oc5c5c4sc4ccccc45)cc3)c3ccc4c(c3)sc3ccccc34)c2)cc1. The average Bonchev–Trinajstić information content (AvgIpc) is 3.95. The maximum atomic E-state index is 6.55. The van der Waals surface area contributed by atoms with Crippen molar-refractivity contribution in [2.45, 2.75) is 0 Å². The Bertz CT molecular complexity index is 3160. The molecule has 0 aliphatic carbocycles. The smallest absolute Gasteiger partial charge is 0.227 e. The molecule has 254 valence electrons. The number of thiophene rings is 2. The highest BCUT2D eigenvalue weighted by Gasteiger charge is 2.21. The van der Waals surface area contributed by atoms with Gasteiger partial charge in [0.25, 0.3) is 0 Å². The molecular weight excluding hydrogens is 697 g/mol. The highest BCUT2D eigenvalue weighted by Crippen LogP contribution is 2.46. The van der Waals surface area contributed by atoms with E-state index in [-0.39, 0.29) is 0 Å². The number of rotatable bonds is 6. The molecule has 0 atom stereocenters. The highest BCUT2D eigenvalue weighted by molar-refractivity contribution is 7.26. The van der Waals surface area contributed by atoms with Crippen molar-refractivity contribution in [1.82, 2.24) is 4.98 Å². The van der Waals surface area contributed by atoms with Gasteiger partial charge >= 0.3 is 0 Å². The Balaban J connectivity index is 1.07. The third kappa shape index (κ3) is 5.12. The van der Waals surface area contributed by atoms with Gasteiger partial charge < -0.3 is 9.32 Å². The first-order valence-corrected chi connectivity index (χ1v) is 19.7. The molecule has 8 aromatic carbocycles. The molecule has 0 aliphatic rings. The second kappa shape index (κ2) is 12.6. The van der Waals surface area contributed by atoms with Crippen LogP contribution in [0.3, 0.4) is 0 Å². The quantitative estimate of drug-likeness (QED) is 0.171. The van der Waals surface area contributed by atoms with Crippen LogP contribution in [0.15, 0.2) is 186 Å². The number of anilines is 3. The molecule has 5 heteroatoms. The van der Waals surface area contributed by atoms with Crippen LogP contribution in [-0.2, 0) is 0 Å². The molecule has 0 amide bonds. The van der Waals surface area contributed by atoms with E-state index in [1.54, 1.807) is 0 Å². The number of hydrogen-bond donors (Lipinski definition) is 0. The summed E-state index contributed by atoms with van der Waals surface area (Å²) < 4.78 is 11.6. The Morgan fingerprint density at radius 1 is 0.426 bits per heavy atom. The van der Waals surface area contributed by atoms with Gasteiger partial charge in [-0.25, -0.2) is 4.98 Å². The predicted molar refractivity (Wildman–Crippen MR) is 231 cm³/mol. The normalized spacial score (nSPS) is 11.7. The Hall–Kier alpha value is -6.53. The van der Waals surface area contributed by atoms with Gasteiger partial charge in [0.05, 0.1) is 0 Å². The molecule has 11 rings (SSSR count). The zero-order chi connectivity index (χ0) is 35.6. The molecule has 0 unspecified atom stereocenters. The Kier molecular flexibility index (Phi) is 7.22. The molecule has 0 bridgehead atoms. The van der Waals surface area contributed by atoms with Crippen molar-refractivity contribution in [3.05, 3.63) is 182 Å². The van der Waals surface area contributed by atoms with Gasteiger partial charge in [0, 0.05) is 68.5 Å². The molecule has 0 radical (unpaired) electrons. The Labute approximate surface area is 319 Å². The van der Waals surface area contributed by atoms with Crippen LogP contribution < -0.4 is 4.90 Å². The largest absolute Gasteiger partial charge is 0.435 e. The fraction of sp³-hybridized carbons (Fsp3) is 0. The molecular formula is C49H30N2OS2. The lowest BCUT2D eigenvalue weighted by Gasteiger charge is -2.26. The molecule has 11 aromatic rings. The predicted octanol–water partition coefficient (Wildman–Crippen LogP) is 15.0. The zero-order valence-corrected chi connectivity index (χ0v) is 30.6. The highest BCUT2D eigenvalue weighted by atomic mass is 32.1. The standard InChI is InChI=1S/C49H30N2OS2/c1-3-12-31(13-4-1)34-16-11-17-36(28-34)51(37-26-27-39-38-18-7-9-20-43(38)53-45(39)29-37)35-24-22-32(23-25-35)41-30-42-47(52-49(50-42)33-14-5-2-6-15-33)46-40-19-8-10-21-44(40)54-48(41)46/h1-30H. The summed E-state index contributed by atoms with van der Waals surface area (Å²) >= 11 is 3.66. The second-order valence-corrected chi connectivity index (χ2v) is 15.7. The summed E-state index contributed by atoms with van der Waals surface area (Å²) in [7, 11) is 0. The first-order valence-electron chi connectivity index (χ1n) is 18.0. The zero-order valence-electron chi connectivity index (χ0n) is 28.9. The van der Waals surface area contributed by atoms with Gasteiger partial charge in [-0.3, -0.25) is 0 Å². The van der Waals surface area contributed by atoms with E-state index < -0.39 is 0 Å². The maximum Gasteiger partial charge on any atom is 0.227 e. The van der Waals surface area contributed by atoms with Crippen LogP contribution in [0, 0.1) is 0 Å². The summed E-state index contributed by atoms with van der Waals surface area (Å²) in [6.45, 7) is 0. The molecule has 0 saturated carbocycles. The van der Waals surface area contributed by atoms with E-state index in [1.165, 1.54) is 46.1 Å². The van der Waals surface area contributed by atoms with E-state index in [9.17, 15) is 0 Å². The van der Waals surface area contributed by atoms with Crippen LogP contribution >= 0.6 is 22.7 Å². The lowest BCUT2D eigenvalue weighted by Crippen LogP contribution is -2.09. The number of hydrogen-bond acceptors (Lipinski definition) is 5. The second-order valence-electron chi connectivity index (χ2n) is 13.5. The van der Waals surface area contributed by atoms with E-state index in [0.29, 0.717) is 5.89 Å². The van der Waals surface area contributed by atoms with Crippen molar-refractivity contribution < 1.29 is 4.42 Å². The van der Waals surface area contributed by atoms with Gasteiger partial charge in [0.1, 0.15) is 5.52 Å². The number of nitrogens with zero attached hydrogens (tertiary/aromatic N) is 2. The summed E-state index contributed by atoms with van der Waals surface area (Å²) in [6, 6.07) is 65.0. The molecule has 3 heterocycles. The summed E-state index contributed by atoms with van der Waals surface area (Å²) in [5.41, 5.74) is 10.7. The van der Waals surface area contributed by atoms with Crippen molar-refractivity contribution in [3.63, 3.8) is 0 Å². The third-order valence-corrected chi connectivity index (χ3v) is 12.6. The monoisotopic (exact) mass is 726 g/mol. The van der Waals surface area contributed by atoms with Crippen LogP contribution in [-0.4, -0.2) is 4.98 Å². The number of benzene rings is 8. The minimum atomic E-state index is 0.638. The third-order valence-electron chi connectivity index (χ3n) is 10.3. The molecule has 0 fully saturated rings. The minimum Gasteiger partial charge on any atom is -0.435 e. The van der Waals surface area contributed by atoms with Gasteiger partial charge in [-0.05, 0) is 83.4 Å². The van der Waals surface area contributed by atoms with Crippen LogP contribution in [0.5, 0.6) is 0 Å². The first-order chi connectivity index (χ1) is 26.7. The van der Waals surface area contributed by atoms with Gasteiger partial charge in [0.15, 0.2) is 5.58 Å². The van der Waals surface area contributed by atoms with Crippen molar-refractivity contribution in [1.29, 1.82) is 0 Å². The van der Waals surface area contributed by atoms with Gasteiger partial charge in [-0.15, -0.1) is 22.7 Å². The van der Waals surface area contributed by atoms with E-state index in [4.69, 9.17) is 9.40 Å². The summed E-state index contributed by atoms with van der Waals surface area (Å²) in [6.07, 6.45) is 0. The minimum absolute atomic E-state index is 0.638. The fourth-order valence-electron chi connectivity index (χ4n) is 7.74. The van der Waals surface area contributed by atoms with E-state index in [0.717, 1.165) is 50.2 Å². The van der Waals surface area contributed by atoms with Crippen LogP contribution in [0.25, 0.3) is 85.2 Å². The molecule has 3 nitrogen and oxygen atoms in total. The fourth-order valence-corrected chi connectivity index (χ4v) is 10.1. The van der Waals surface area contributed by atoms with Crippen molar-refractivity contribution >= 4 is 91.2 Å². The Morgan fingerprint density at radius 3 is 1.85 bits per heavy atom. The van der Waals surface area contributed by atoms with Crippen molar-refractivity contribution in [2.75, 3.05) is 4.90 Å². The van der Waals surface area contributed by atoms with Gasteiger partial charge in [-0.1, -0.05) is 115 Å². The van der Waals surface area contributed by atoms with Gasteiger partial charge in [0.2, 0.25) is 5.89 Å². The molecule has 54 heavy (non-hydrogen) atoms. The van der Waals surface area contributed by atoms with E-state index in [1.807, 2.05) is 53.0 Å². The average molecular weight is 727 g/mol. The lowest BCUT2D eigenvalue weighted by atomic mass is 10.0. The molecule has 0 aliphatic heterocycles. The summed E-state index contributed by atoms with van der Waals surface area (Å²) in [5.74, 6) is 0.638. The van der Waals surface area contributed by atoms with Crippen LogP contribution in [0.2, 0.25) is 0 Å². The van der Waals surface area contributed by atoms with Crippen molar-refractivity contribution in [3.8, 4) is 33.7 Å². The molecule has 3 aromatic heterocycles. The first kappa shape index (κ1) is 31.0. The number of aromatic nitrogens is 1. The molecule has 0 saturated heterocycles. The maximum absolute atomic E-state index is 6.55. The number of fused-ring (bicyclic) bond motifs is 8. The van der Waals surface area contributed by atoms with E-state index in [2.05, 4.69) is 157 Å². The topological polar surface area (TPSA) is 29.3 Å². The van der Waals surface area contributed by atoms with Crippen LogP contribution in [0.1, 0.15) is 0 Å². The molecule has 0 spiro atoms. The van der Waals surface area contributed by atoms with E-state index >= 15 is 0 Å². The molecule has 0 N–H and O–H groups in total. The summed E-state index contributed by atoms with van der Waals surface area (Å²) in [5, 5.41) is 4.91. The van der Waals surface area contributed by atoms with Crippen molar-refractivity contribution in [2.24, 2.45) is 0 Å². The Morgan fingerprint density at radius 2 is 1.06 bits per heavy atom.